The van der Waals surface area contributed by atoms with Gasteiger partial charge in [0.15, 0.2) is 5.54 Å². The van der Waals surface area contributed by atoms with Crippen LogP contribution in [0.25, 0.3) is 0 Å². The Labute approximate surface area is 100 Å². The average molecular weight is 228 g/mol. The lowest BCUT2D eigenvalue weighted by atomic mass is 10.0. The maximum Gasteiger partial charge on any atom is 0.281 e. The van der Waals surface area contributed by atoms with Gasteiger partial charge in [0, 0.05) is 19.4 Å². The van der Waals surface area contributed by atoms with E-state index < -0.39 is 0 Å². The topological polar surface area (TPSA) is 55.9 Å². The lowest BCUT2D eigenvalue weighted by Gasteiger charge is -2.09. The van der Waals surface area contributed by atoms with Crippen LogP contribution in [0.3, 0.4) is 0 Å². The highest BCUT2D eigenvalue weighted by Gasteiger charge is 2.42. The van der Waals surface area contributed by atoms with Gasteiger partial charge in [-0.3, -0.25) is 4.79 Å². The van der Waals surface area contributed by atoms with E-state index >= 15 is 0 Å². The van der Waals surface area contributed by atoms with Crippen LogP contribution >= 0.6 is 0 Å². The molecule has 0 atom stereocenters. The van der Waals surface area contributed by atoms with Gasteiger partial charge >= 0.3 is 0 Å². The van der Waals surface area contributed by atoms with E-state index in [2.05, 4.69) is 11.5 Å². The first-order valence-corrected chi connectivity index (χ1v) is 5.45. The van der Waals surface area contributed by atoms with Crippen molar-refractivity contribution < 1.29 is 9.48 Å². The van der Waals surface area contributed by atoms with Gasteiger partial charge in [0.2, 0.25) is 6.21 Å². The summed E-state index contributed by atoms with van der Waals surface area (Å²) >= 11 is 0. The molecule has 1 saturated heterocycles. The second-order valence-corrected chi connectivity index (χ2v) is 4.76. The minimum Gasteiger partial charge on any atom is -0.269 e. The number of nitrogens with zero attached hydrogens (tertiary/aromatic N) is 2. The van der Waals surface area contributed by atoms with Crippen molar-refractivity contribution in [1.82, 2.24) is 5.43 Å². The van der Waals surface area contributed by atoms with Gasteiger partial charge in [0.1, 0.15) is 0 Å². The number of benzene rings is 1. The average Bonchev–Trinajstić information content (AvgIpc) is 2.53. The molecule has 0 spiro atoms. The third kappa shape index (κ3) is 2.34. The van der Waals surface area contributed by atoms with Gasteiger partial charge in [-0.2, -0.15) is 5.26 Å². The van der Waals surface area contributed by atoms with Crippen LogP contribution in [0.15, 0.2) is 24.3 Å². The highest BCUT2D eigenvalue weighted by molar-refractivity contribution is 5.80. The Kier molecular flexibility index (Phi) is 2.68. The van der Waals surface area contributed by atoms with Crippen LogP contribution in [0.2, 0.25) is 0 Å². The Hall–Kier alpha value is -2.15. The van der Waals surface area contributed by atoms with Gasteiger partial charge in [0.05, 0.1) is 18.1 Å². The number of hydrazone groups is 1. The van der Waals surface area contributed by atoms with Gasteiger partial charge in [-0.05, 0) is 24.3 Å². The number of rotatable bonds is 1. The van der Waals surface area contributed by atoms with E-state index in [9.17, 15) is 4.79 Å². The molecule has 0 saturated carbocycles. The summed E-state index contributed by atoms with van der Waals surface area (Å²) in [4.78, 5) is 11.3. The van der Waals surface area contributed by atoms with Gasteiger partial charge in [-0.25, -0.2) is 0 Å². The predicted octanol–water partition coefficient (Wildman–Crippen LogP) is 1.20. The second kappa shape index (κ2) is 4.02. The number of nitrogens with one attached hydrogen (secondary N) is 1. The maximum absolute atomic E-state index is 11.3. The molecule has 86 valence electrons. The number of hydrazine groups is 1. The maximum atomic E-state index is 11.3. The van der Waals surface area contributed by atoms with E-state index in [0.29, 0.717) is 12.0 Å². The number of carbonyl (C=O) groups is 1. The number of hydrogen-bond donors (Lipinski definition) is 1. The van der Waals surface area contributed by atoms with Crippen molar-refractivity contribution in [1.29, 1.82) is 5.26 Å². The van der Waals surface area contributed by atoms with E-state index in [4.69, 9.17) is 5.26 Å². The van der Waals surface area contributed by atoms with E-state index in [-0.39, 0.29) is 11.4 Å². The van der Waals surface area contributed by atoms with Crippen LogP contribution in [0.5, 0.6) is 0 Å². The number of carbonyl (C=O) groups excluding carboxylic acids is 1. The van der Waals surface area contributed by atoms with Crippen LogP contribution in [-0.4, -0.2) is 22.3 Å². The fourth-order valence-electron chi connectivity index (χ4n) is 1.80. The molecule has 1 heterocycles. The molecule has 1 aromatic carbocycles. The van der Waals surface area contributed by atoms with Gasteiger partial charge in [0.25, 0.3) is 5.91 Å². The predicted molar refractivity (Wildman–Crippen MR) is 63.4 cm³/mol. The molecule has 1 aromatic rings. The molecule has 1 N–H and O–H groups in total. The molecule has 1 aliphatic heterocycles. The van der Waals surface area contributed by atoms with Crippen LogP contribution in [0.1, 0.15) is 31.4 Å². The lowest BCUT2D eigenvalue weighted by Crippen LogP contribution is -2.36. The third-order valence-corrected chi connectivity index (χ3v) is 2.81. The zero-order valence-electron chi connectivity index (χ0n) is 9.90. The normalized spacial score (nSPS) is 20.1. The molecular weight excluding hydrogens is 214 g/mol. The summed E-state index contributed by atoms with van der Waals surface area (Å²) in [5, 5.41) is 8.70. The van der Waals surface area contributed by atoms with E-state index in [1.807, 2.05) is 36.9 Å². The minimum absolute atomic E-state index is 0.0277. The summed E-state index contributed by atoms with van der Waals surface area (Å²) in [7, 11) is 0. The molecule has 1 aliphatic rings. The number of nitriles is 1. The summed E-state index contributed by atoms with van der Waals surface area (Å²) in [5.74, 6) is 0.0277. The van der Waals surface area contributed by atoms with Crippen LogP contribution in [-0.2, 0) is 4.79 Å². The highest BCUT2D eigenvalue weighted by Crippen LogP contribution is 2.18. The summed E-state index contributed by atoms with van der Waals surface area (Å²) in [6.45, 7) is 4.01. The summed E-state index contributed by atoms with van der Waals surface area (Å²) in [5.41, 5.74) is 4.17. The number of amides is 1. The highest BCUT2D eigenvalue weighted by atomic mass is 16.2. The molecular formula is C13H14N3O+. The second-order valence-electron chi connectivity index (χ2n) is 4.76. The van der Waals surface area contributed by atoms with E-state index in [1.165, 1.54) is 0 Å². The van der Waals surface area contributed by atoms with Crippen molar-refractivity contribution in [2.45, 2.75) is 25.8 Å². The third-order valence-electron chi connectivity index (χ3n) is 2.81. The minimum atomic E-state index is -0.217. The smallest absolute Gasteiger partial charge is 0.269 e. The van der Waals surface area contributed by atoms with Crippen molar-refractivity contribution >= 4 is 12.1 Å². The van der Waals surface area contributed by atoms with E-state index in [1.54, 1.807) is 12.1 Å². The SMILES string of the molecule is CC1(C)CC(=O)N[N+]1=Cc1ccc(C#N)cc1. The quantitative estimate of drug-likeness (QED) is 0.734. The standard InChI is InChI=1S/C13H13N3O/c1-13(2)7-12(17)15-16(13)9-11-5-3-10(8-14)4-6-11/h3-6,9H,7H2,1-2H3/p+1. The lowest BCUT2D eigenvalue weighted by molar-refractivity contribution is -0.620. The van der Waals surface area contributed by atoms with Crippen molar-refractivity contribution in [3.05, 3.63) is 35.4 Å². The van der Waals surface area contributed by atoms with Crippen LogP contribution in [0.4, 0.5) is 0 Å². The van der Waals surface area contributed by atoms with Gasteiger partial charge in [-0.15, -0.1) is 10.1 Å². The molecule has 2 rings (SSSR count). The Morgan fingerprint density at radius 1 is 1.41 bits per heavy atom. The van der Waals surface area contributed by atoms with Crippen molar-refractivity contribution in [3.63, 3.8) is 0 Å². The van der Waals surface area contributed by atoms with Gasteiger partial charge in [-0.1, -0.05) is 0 Å². The largest absolute Gasteiger partial charge is 0.281 e. The molecule has 4 heteroatoms. The van der Waals surface area contributed by atoms with Gasteiger partial charge < -0.3 is 0 Å². The molecule has 0 aromatic heterocycles. The monoisotopic (exact) mass is 228 g/mol. The fourth-order valence-corrected chi connectivity index (χ4v) is 1.80. The molecule has 0 bridgehead atoms. The van der Waals surface area contributed by atoms with Crippen LogP contribution < -0.4 is 5.43 Å². The first-order valence-electron chi connectivity index (χ1n) is 5.45. The molecule has 0 radical (unpaired) electrons. The first-order chi connectivity index (χ1) is 8.01. The Morgan fingerprint density at radius 3 is 2.53 bits per heavy atom. The van der Waals surface area contributed by atoms with Crippen molar-refractivity contribution in [2.75, 3.05) is 0 Å². The summed E-state index contributed by atoms with van der Waals surface area (Å²) in [6.07, 6.45) is 2.37. The molecule has 1 fully saturated rings. The van der Waals surface area contributed by atoms with E-state index in [0.717, 1.165) is 5.56 Å². The van der Waals surface area contributed by atoms with Crippen molar-refractivity contribution in [2.24, 2.45) is 0 Å². The molecule has 17 heavy (non-hydrogen) atoms. The summed E-state index contributed by atoms with van der Waals surface area (Å²) < 4.78 is 1.82. The zero-order valence-corrected chi connectivity index (χ0v) is 9.90. The fraction of sp³-hybridized carbons (Fsp3) is 0.308. The summed E-state index contributed by atoms with van der Waals surface area (Å²) in [6, 6.07) is 9.32. The Balaban J connectivity index is 2.30. The Morgan fingerprint density at radius 2 is 2.06 bits per heavy atom. The molecule has 4 nitrogen and oxygen atoms in total. The number of hydrogen-bond acceptors (Lipinski definition) is 2. The van der Waals surface area contributed by atoms with Crippen molar-refractivity contribution in [3.8, 4) is 6.07 Å². The van der Waals surface area contributed by atoms with Crippen LogP contribution in [0, 0.1) is 11.3 Å². The Bertz CT molecular complexity index is 521. The zero-order chi connectivity index (χ0) is 12.5. The first kappa shape index (κ1) is 11.3. The molecule has 0 aliphatic carbocycles. The molecule has 1 amide bonds. The molecule has 0 unspecified atom stereocenters.